The van der Waals surface area contributed by atoms with Crippen LogP contribution >= 0.6 is 0 Å². The summed E-state index contributed by atoms with van der Waals surface area (Å²) in [4.78, 5) is 28.7. The minimum atomic E-state index is -0.0829. The molecule has 0 atom stereocenters. The monoisotopic (exact) mass is 425 g/mol. The Morgan fingerprint density at radius 1 is 1.03 bits per heavy atom. The first-order valence-corrected chi connectivity index (χ1v) is 10.4. The Morgan fingerprint density at radius 3 is 2.69 bits per heavy atom. The summed E-state index contributed by atoms with van der Waals surface area (Å²) in [5.41, 5.74) is 5.69. The molecular weight excluding hydrogens is 402 g/mol. The van der Waals surface area contributed by atoms with Gasteiger partial charge in [-0.3, -0.25) is 19.9 Å². The van der Waals surface area contributed by atoms with Crippen LogP contribution in [0.25, 0.3) is 44.5 Å². The number of nitrogens with one attached hydrogen (secondary N) is 3. The third kappa shape index (κ3) is 3.94. The van der Waals surface area contributed by atoms with E-state index < -0.39 is 0 Å². The minimum Gasteiger partial charge on any atom is -0.353 e. The summed E-state index contributed by atoms with van der Waals surface area (Å²) < 4.78 is 0. The van der Waals surface area contributed by atoms with Crippen LogP contribution in [0, 0.1) is 5.41 Å². The van der Waals surface area contributed by atoms with E-state index in [4.69, 9.17) is 0 Å². The number of hydrogen-bond donors (Lipinski definition) is 3. The number of hydrogen-bond acceptors (Lipinski definition) is 5. The molecule has 0 aliphatic heterocycles. The van der Waals surface area contributed by atoms with Crippen LogP contribution in [-0.4, -0.2) is 36.0 Å². The van der Waals surface area contributed by atoms with Gasteiger partial charge in [0, 0.05) is 58.6 Å². The number of pyridine rings is 3. The molecule has 32 heavy (non-hydrogen) atoms. The standard InChI is InChI=1S/C24H23N7O/c1-24(2,3)9-21(32)28-17-6-14(10-26-13-17)15-7-18-22(30-31-23(18)27-12-15)20-8-16-11-25-5-4-19(16)29-20/h4-8,10-13,29H,9H2,1-3H3,(H,28,32)(H,27,30,31). The zero-order valence-electron chi connectivity index (χ0n) is 18.1. The minimum absolute atomic E-state index is 0.0320. The maximum absolute atomic E-state index is 12.3. The molecule has 0 aromatic carbocycles. The van der Waals surface area contributed by atoms with Crippen LogP contribution in [0.5, 0.6) is 0 Å². The average Bonchev–Trinajstić information content (AvgIpc) is 3.35. The number of carbonyl (C=O) groups is 1. The molecule has 0 saturated heterocycles. The lowest BCUT2D eigenvalue weighted by molar-refractivity contribution is -0.117. The lowest BCUT2D eigenvalue weighted by Gasteiger charge is -2.17. The molecule has 1 amide bonds. The van der Waals surface area contributed by atoms with Gasteiger partial charge < -0.3 is 10.3 Å². The van der Waals surface area contributed by atoms with Crippen molar-refractivity contribution in [2.75, 3.05) is 5.32 Å². The molecule has 5 rings (SSSR count). The highest BCUT2D eigenvalue weighted by Gasteiger charge is 2.17. The number of H-pyrrole nitrogens is 2. The molecule has 0 radical (unpaired) electrons. The second-order valence-corrected chi connectivity index (χ2v) is 9.09. The van der Waals surface area contributed by atoms with Crippen molar-refractivity contribution < 1.29 is 4.79 Å². The van der Waals surface area contributed by atoms with Crippen molar-refractivity contribution in [3.05, 3.63) is 55.2 Å². The third-order valence-corrected chi connectivity index (χ3v) is 5.14. The van der Waals surface area contributed by atoms with Gasteiger partial charge in [0.2, 0.25) is 5.91 Å². The second kappa shape index (κ2) is 7.56. The molecule has 5 aromatic heterocycles. The summed E-state index contributed by atoms with van der Waals surface area (Å²) in [5.74, 6) is -0.0320. The molecule has 5 heterocycles. The predicted molar refractivity (Wildman–Crippen MR) is 125 cm³/mol. The second-order valence-electron chi connectivity index (χ2n) is 9.09. The molecular formula is C24H23N7O. The van der Waals surface area contributed by atoms with Crippen molar-refractivity contribution in [2.45, 2.75) is 27.2 Å². The highest BCUT2D eigenvalue weighted by atomic mass is 16.1. The molecule has 160 valence electrons. The Bertz CT molecular complexity index is 1410. The van der Waals surface area contributed by atoms with Gasteiger partial charge in [-0.05, 0) is 29.7 Å². The van der Waals surface area contributed by atoms with Gasteiger partial charge in [-0.15, -0.1) is 0 Å². The first kappa shape index (κ1) is 19.9. The Labute approximate surface area is 184 Å². The highest BCUT2D eigenvalue weighted by molar-refractivity contribution is 5.96. The van der Waals surface area contributed by atoms with Crippen LogP contribution in [0.1, 0.15) is 27.2 Å². The van der Waals surface area contributed by atoms with Crippen LogP contribution < -0.4 is 5.32 Å². The van der Waals surface area contributed by atoms with E-state index in [0.717, 1.165) is 38.8 Å². The number of fused-ring (bicyclic) bond motifs is 2. The molecule has 0 spiro atoms. The van der Waals surface area contributed by atoms with Crippen LogP contribution in [-0.2, 0) is 4.79 Å². The number of aromatic amines is 2. The van der Waals surface area contributed by atoms with Crippen molar-refractivity contribution in [1.29, 1.82) is 0 Å². The zero-order chi connectivity index (χ0) is 22.3. The van der Waals surface area contributed by atoms with Crippen molar-refractivity contribution in [2.24, 2.45) is 5.41 Å². The van der Waals surface area contributed by atoms with E-state index in [2.05, 4.69) is 35.5 Å². The molecule has 8 heteroatoms. The molecule has 0 fully saturated rings. The van der Waals surface area contributed by atoms with E-state index in [1.165, 1.54) is 0 Å². The van der Waals surface area contributed by atoms with E-state index in [0.29, 0.717) is 17.8 Å². The number of amides is 1. The van der Waals surface area contributed by atoms with Gasteiger partial charge in [-0.25, -0.2) is 4.98 Å². The zero-order valence-corrected chi connectivity index (χ0v) is 18.1. The van der Waals surface area contributed by atoms with Gasteiger partial charge in [-0.2, -0.15) is 5.10 Å². The largest absolute Gasteiger partial charge is 0.353 e. The number of carbonyl (C=O) groups excluding carboxylic acids is 1. The quantitative estimate of drug-likeness (QED) is 0.378. The molecule has 0 aliphatic carbocycles. The molecule has 0 saturated carbocycles. The number of nitrogens with zero attached hydrogens (tertiary/aromatic N) is 4. The first-order valence-electron chi connectivity index (χ1n) is 10.4. The normalized spacial score (nSPS) is 11.8. The summed E-state index contributed by atoms with van der Waals surface area (Å²) in [6.07, 6.45) is 9.19. The van der Waals surface area contributed by atoms with Gasteiger partial charge in [0.1, 0.15) is 5.69 Å². The molecule has 5 aromatic rings. The van der Waals surface area contributed by atoms with Gasteiger partial charge in [0.15, 0.2) is 5.65 Å². The van der Waals surface area contributed by atoms with Gasteiger partial charge in [-0.1, -0.05) is 20.8 Å². The van der Waals surface area contributed by atoms with Gasteiger partial charge >= 0.3 is 0 Å². The predicted octanol–water partition coefficient (Wildman–Crippen LogP) is 4.94. The molecule has 3 N–H and O–H groups in total. The van der Waals surface area contributed by atoms with E-state index in [-0.39, 0.29) is 11.3 Å². The van der Waals surface area contributed by atoms with Gasteiger partial charge in [0.25, 0.3) is 0 Å². The third-order valence-electron chi connectivity index (χ3n) is 5.14. The Hall–Kier alpha value is -4.07. The highest BCUT2D eigenvalue weighted by Crippen LogP contribution is 2.31. The lowest BCUT2D eigenvalue weighted by Crippen LogP contribution is -2.19. The van der Waals surface area contributed by atoms with Crippen LogP contribution in [0.15, 0.2) is 55.2 Å². The van der Waals surface area contributed by atoms with E-state index in [1.807, 2.05) is 51.2 Å². The summed E-state index contributed by atoms with van der Waals surface area (Å²) in [6.45, 7) is 6.11. The molecule has 0 unspecified atom stereocenters. The van der Waals surface area contributed by atoms with E-state index in [1.54, 1.807) is 24.8 Å². The van der Waals surface area contributed by atoms with Crippen LogP contribution in [0.3, 0.4) is 0 Å². The van der Waals surface area contributed by atoms with E-state index >= 15 is 0 Å². The van der Waals surface area contributed by atoms with Crippen molar-refractivity contribution in [3.8, 4) is 22.5 Å². The fourth-order valence-electron chi connectivity index (χ4n) is 3.72. The lowest BCUT2D eigenvalue weighted by atomic mass is 9.92. The topological polar surface area (TPSA) is 112 Å². The SMILES string of the molecule is CC(C)(C)CC(=O)Nc1cncc(-c2cnc3[nH]nc(-c4cc5cnccc5[nH]4)c3c2)c1. The molecule has 0 bridgehead atoms. The Balaban J connectivity index is 1.49. The fourth-order valence-corrected chi connectivity index (χ4v) is 3.72. The first-order chi connectivity index (χ1) is 15.4. The fraction of sp³-hybridized carbons (Fsp3) is 0.208. The Morgan fingerprint density at radius 2 is 1.88 bits per heavy atom. The van der Waals surface area contributed by atoms with Crippen molar-refractivity contribution >= 4 is 33.5 Å². The van der Waals surface area contributed by atoms with Crippen molar-refractivity contribution in [3.63, 3.8) is 0 Å². The summed E-state index contributed by atoms with van der Waals surface area (Å²) >= 11 is 0. The smallest absolute Gasteiger partial charge is 0.224 e. The average molecular weight is 425 g/mol. The summed E-state index contributed by atoms with van der Waals surface area (Å²) in [5, 5.41) is 12.3. The Kier molecular flexibility index (Phi) is 4.70. The van der Waals surface area contributed by atoms with E-state index in [9.17, 15) is 4.79 Å². The maximum atomic E-state index is 12.3. The molecule has 0 aliphatic rings. The van der Waals surface area contributed by atoms with Crippen molar-refractivity contribution in [1.82, 2.24) is 30.1 Å². The summed E-state index contributed by atoms with van der Waals surface area (Å²) in [6, 6.07) is 7.90. The number of anilines is 1. The maximum Gasteiger partial charge on any atom is 0.224 e. The summed E-state index contributed by atoms with van der Waals surface area (Å²) in [7, 11) is 0. The van der Waals surface area contributed by atoms with Crippen LogP contribution in [0.4, 0.5) is 5.69 Å². The number of rotatable bonds is 4. The number of aromatic nitrogens is 6. The molecule has 8 nitrogen and oxygen atoms in total. The van der Waals surface area contributed by atoms with Gasteiger partial charge in [0.05, 0.1) is 17.6 Å². The van der Waals surface area contributed by atoms with Crippen LogP contribution in [0.2, 0.25) is 0 Å².